The van der Waals surface area contributed by atoms with E-state index < -0.39 is 0 Å². The van der Waals surface area contributed by atoms with Crippen LogP contribution < -0.4 is 0 Å². The predicted octanol–water partition coefficient (Wildman–Crippen LogP) is 4.16. The highest BCUT2D eigenvalue weighted by Crippen LogP contribution is 2.16. The summed E-state index contributed by atoms with van der Waals surface area (Å²) in [6.45, 7) is 4.75. The minimum absolute atomic E-state index is 0.257. The molecule has 2 rings (SSSR count). The van der Waals surface area contributed by atoms with Crippen LogP contribution in [0.4, 0.5) is 0 Å². The van der Waals surface area contributed by atoms with Crippen LogP contribution in [0.5, 0.6) is 0 Å². The minimum Gasteiger partial charge on any atom is -0.461 e. The fourth-order valence-corrected chi connectivity index (χ4v) is 2.12. The van der Waals surface area contributed by atoms with Gasteiger partial charge in [0.2, 0.25) is 0 Å². The van der Waals surface area contributed by atoms with Crippen LogP contribution in [0.15, 0.2) is 60.7 Å². The topological polar surface area (TPSA) is 35.5 Å². The molecule has 0 aliphatic heterocycles. The number of esters is 1. The molecule has 2 aromatic carbocycles. The van der Waals surface area contributed by atoms with Gasteiger partial charge in [0.1, 0.15) is 6.61 Å². The van der Waals surface area contributed by atoms with Crippen molar-refractivity contribution in [3.8, 4) is 0 Å². The van der Waals surface area contributed by atoms with Gasteiger partial charge in [0.15, 0.2) is 0 Å². The Morgan fingerprint density at radius 2 is 1.74 bits per heavy atom. The van der Waals surface area contributed by atoms with Crippen molar-refractivity contribution < 1.29 is 14.3 Å². The second-order valence-corrected chi connectivity index (χ2v) is 5.38. The molecule has 3 nitrogen and oxygen atoms in total. The lowest BCUT2D eigenvalue weighted by Gasteiger charge is -2.09. The molecular weight excluding hydrogens is 288 g/mol. The van der Waals surface area contributed by atoms with Crippen LogP contribution in [0.25, 0.3) is 5.57 Å². The molecule has 0 saturated heterocycles. The van der Waals surface area contributed by atoms with Crippen molar-refractivity contribution >= 4 is 11.5 Å². The van der Waals surface area contributed by atoms with Gasteiger partial charge in [-0.25, -0.2) is 0 Å². The molecule has 0 saturated carbocycles. The Balaban J connectivity index is 1.97. The Morgan fingerprint density at radius 1 is 1.04 bits per heavy atom. The zero-order valence-electron chi connectivity index (χ0n) is 13.6. The lowest BCUT2D eigenvalue weighted by molar-refractivity contribution is -0.139. The summed E-state index contributed by atoms with van der Waals surface area (Å²) in [6, 6.07) is 18.2. The Hall–Kier alpha value is -2.39. The summed E-state index contributed by atoms with van der Waals surface area (Å²) in [6.07, 6.45) is 1.97. The molecule has 0 amide bonds. The second-order valence-electron chi connectivity index (χ2n) is 5.38. The molecule has 2 aromatic rings. The zero-order valence-corrected chi connectivity index (χ0v) is 13.6. The first-order valence-electron chi connectivity index (χ1n) is 7.66. The fourth-order valence-electron chi connectivity index (χ4n) is 2.12. The number of aryl methyl sites for hydroxylation is 1. The first-order chi connectivity index (χ1) is 11.1. The molecule has 120 valence electrons. The average Bonchev–Trinajstić information content (AvgIpc) is 2.56. The molecule has 0 aliphatic rings. The summed E-state index contributed by atoms with van der Waals surface area (Å²) in [4.78, 5) is 11.1. The molecule has 0 spiro atoms. The third-order valence-corrected chi connectivity index (χ3v) is 3.41. The van der Waals surface area contributed by atoms with Crippen molar-refractivity contribution in [2.45, 2.75) is 20.5 Å². The van der Waals surface area contributed by atoms with Gasteiger partial charge in [-0.3, -0.25) is 4.79 Å². The Labute approximate surface area is 137 Å². The van der Waals surface area contributed by atoms with E-state index in [1.807, 2.05) is 67.6 Å². The summed E-state index contributed by atoms with van der Waals surface area (Å²) in [5, 5.41) is 0. The van der Waals surface area contributed by atoms with Gasteiger partial charge in [-0.15, -0.1) is 0 Å². The maximum absolute atomic E-state index is 11.1. The molecule has 0 unspecified atom stereocenters. The smallest absolute Gasteiger partial charge is 0.302 e. The standard InChI is InChI=1S/C20H22O3/c1-16-8-10-19(11-9-16)20(15-23-17(2)21)12-13-22-14-18-6-4-3-5-7-18/h3-12H,13-15H2,1-2H3/b20-12+. The summed E-state index contributed by atoms with van der Waals surface area (Å²) in [5.74, 6) is -0.284. The third kappa shape index (κ3) is 6.09. The third-order valence-electron chi connectivity index (χ3n) is 3.41. The predicted molar refractivity (Wildman–Crippen MR) is 91.9 cm³/mol. The molecule has 0 bridgehead atoms. The van der Waals surface area contributed by atoms with Gasteiger partial charge in [0.25, 0.3) is 0 Å². The first-order valence-corrected chi connectivity index (χ1v) is 7.66. The van der Waals surface area contributed by atoms with E-state index in [1.165, 1.54) is 12.5 Å². The van der Waals surface area contributed by atoms with Crippen molar-refractivity contribution in [2.24, 2.45) is 0 Å². The van der Waals surface area contributed by atoms with Crippen LogP contribution >= 0.6 is 0 Å². The van der Waals surface area contributed by atoms with Crippen molar-refractivity contribution in [3.63, 3.8) is 0 Å². The largest absolute Gasteiger partial charge is 0.461 e. The highest BCUT2D eigenvalue weighted by atomic mass is 16.5. The van der Waals surface area contributed by atoms with E-state index in [9.17, 15) is 4.79 Å². The molecule has 0 aromatic heterocycles. The SMILES string of the molecule is CC(=O)OC/C(=C\COCc1ccccc1)c1ccc(C)cc1. The number of ether oxygens (including phenoxy) is 2. The van der Waals surface area contributed by atoms with Gasteiger partial charge >= 0.3 is 5.97 Å². The first kappa shape index (κ1) is 17.0. The van der Waals surface area contributed by atoms with Gasteiger partial charge in [-0.1, -0.05) is 66.2 Å². The number of hydrogen-bond acceptors (Lipinski definition) is 3. The lowest BCUT2D eigenvalue weighted by atomic mass is 10.0. The molecule has 0 N–H and O–H groups in total. The van der Waals surface area contributed by atoms with Crippen LogP contribution in [-0.4, -0.2) is 19.2 Å². The van der Waals surface area contributed by atoms with Crippen LogP contribution in [-0.2, 0) is 20.9 Å². The van der Waals surface area contributed by atoms with E-state index in [1.54, 1.807) is 0 Å². The van der Waals surface area contributed by atoms with E-state index in [-0.39, 0.29) is 12.6 Å². The number of hydrogen-bond donors (Lipinski definition) is 0. The van der Waals surface area contributed by atoms with Gasteiger partial charge in [-0.2, -0.15) is 0 Å². The molecule has 0 atom stereocenters. The van der Waals surface area contributed by atoms with Crippen LogP contribution in [0.2, 0.25) is 0 Å². The Kier molecular flexibility index (Phi) is 6.57. The maximum Gasteiger partial charge on any atom is 0.302 e. The van der Waals surface area contributed by atoms with Gasteiger partial charge < -0.3 is 9.47 Å². The Morgan fingerprint density at radius 3 is 2.39 bits per heavy atom. The van der Waals surface area contributed by atoms with E-state index in [4.69, 9.17) is 9.47 Å². The maximum atomic E-state index is 11.1. The summed E-state index contributed by atoms with van der Waals surface area (Å²) in [5.41, 5.74) is 4.33. The highest BCUT2D eigenvalue weighted by molar-refractivity contribution is 5.71. The molecular formula is C20H22O3. The molecule has 3 heteroatoms. The van der Waals surface area contributed by atoms with E-state index in [2.05, 4.69) is 0 Å². The fraction of sp³-hybridized carbons (Fsp3) is 0.250. The number of carbonyl (C=O) groups is 1. The summed E-state index contributed by atoms with van der Waals surface area (Å²) in [7, 11) is 0. The van der Waals surface area contributed by atoms with Crippen molar-refractivity contribution in [3.05, 3.63) is 77.4 Å². The number of benzene rings is 2. The zero-order chi connectivity index (χ0) is 16.5. The van der Waals surface area contributed by atoms with Gasteiger partial charge in [-0.05, 0) is 23.6 Å². The van der Waals surface area contributed by atoms with Crippen molar-refractivity contribution in [1.82, 2.24) is 0 Å². The van der Waals surface area contributed by atoms with Gasteiger partial charge in [0, 0.05) is 6.92 Å². The van der Waals surface area contributed by atoms with Gasteiger partial charge in [0.05, 0.1) is 13.2 Å². The number of carbonyl (C=O) groups excluding carboxylic acids is 1. The van der Waals surface area contributed by atoms with Crippen LogP contribution in [0.3, 0.4) is 0 Å². The van der Waals surface area contributed by atoms with E-state index >= 15 is 0 Å². The Bertz CT molecular complexity index is 642. The summed E-state index contributed by atoms with van der Waals surface area (Å²) >= 11 is 0. The lowest BCUT2D eigenvalue weighted by Crippen LogP contribution is -2.04. The number of rotatable bonds is 7. The molecule has 0 radical (unpaired) electrons. The van der Waals surface area contributed by atoms with E-state index in [0.717, 1.165) is 16.7 Å². The van der Waals surface area contributed by atoms with Crippen LogP contribution in [0, 0.1) is 6.92 Å². The molecule has 23 heavy (non-hydrogen) atoms. The minimum atomic E-state index is -0.284. The average molecular weight is 310 g/mol. The monoisotopic (exact) mass is 310 g/mol. The van der Waals surface area contributed by atoms with E-state index in [0.29, 0.717) is 13.2 Å². The summed E-state index contributed by atoms with van der Waals surface area (Å²) < 4.78 is 10.8. The second kappa shape index (κ2) is 8.91. The molecule has 0 aliphatic carbocycles. The van der Waals surface area contributed by atoms with Crippen LogP contribution in [0.1, 0.15) is 23.6 Å². The highest BCUT2D eigenvalue weighted by Gasteiger charge is 2.04. The molecule has 0 heterocycles. The quantitative estimate of drug-likeness (QED) is 0.569. The van der Waals surface area contributed by atoms with Crippen molar-refractivity contribution in [1.29, 1.82) is 0 Å². The normalized spacial score (nSPS) is 11.3. The molecule has 0 fully saturated rings. The van der Waals surface area contributed by atoms with Crippen molar-refractivity contribution in [2.75, 3.05) is 13.2 Å².